The van der Waals surface area contributed by atoms with E-state index in [1.54, 1.807) is 31.3 Å². The zero-order valence-corrected chi connectivity index (χ0v) is 15.0. The second-order valence-corrected chi connectivity index (χ2v) is 6.30. The standard InChI is InChI=1S/C19H25N5O2/c1-3-14-6-4-8-16(10-14)23-18(26)12-22-19(21-2)24-9-5-7-15(13-24)11-17(20)25/h1,4,6,8,10,15H,5,7,9,11-13H2,2H3,(H2,20,25)(H,21,22)(H,23,26). The van der Waals surface area contributed by atoms with Gasteiger partial charge in [0.25, 0.3) is 0 Å². The number of nitrogens with zero attached hydrogens (tertiary/aromatic N) is 2. The van der Waals surface area contributed by atoms with E-state index in [4.69, 9.17) is 12.2 Å². The van der Waals surface area contributed by atoms with Gasteiger partial charge in [-0.1, -0.05) is 12.0 Å². The quantitative estimate of drug-likeness (QED) is 0.413. The maximum atomic E-state index is 12.2. The number of nitrogens with one attached hydrogen (secondary N) is 2. The minimum atomic E-state index is -0.284. The van der Waals surface area contributed by atoms with Crippen LogP contribution in [0.5, 0.6) is 0 Å². The molecular formula is C19H25N5O2. The third-order valence-corrected chi connectivity index (χ3v) is 4.24. The average Bonchev–Trinajstić information content (AvgIpc) is 2.62. The number of carbonyl (C=O) groups is 2. The van der Waals surface area contributed by atoms with E-state index in [1.807, 2.05) is 0 Å². The summed E-state index contributed by atoms with van der Waals surface area (Å²) >= 11 is 0. The first-order valence-corrected chi connectivity index (χ1v) is 8.62. The van der Waals surface area contributed by atoms with Crippen molar-refractivity contribution in [1.29, 1.82) is 0 Å². The van der Waals surface area contributed by atoms with Crippen LogP contribution in [-0.4, -0.2) is 49.4 Å². The Morgan fingerprint density at radius 2 is 2.27 bits per heavy atom. The Balaban J connectivity index is 1.86. The van der Waals surface area contributed by atoms with Crippen molar-refractivity contribution in [2.45, 2.75) is 19.3 Å². The number of benzene rings is 1. The number of rotatable bonds is 5. The molecule has 0 radical (unpaired) electrons. The highest BCUT2D eigenvalue weighted by atomic mass is 16.2. The number of amides is 2. The zero-order valence-electron chi connectivity index (χ0n) is 15.0. The second-order valence-electron chi connectivity index (χ2n) is 6.30. The third-order valence-electron chi connectivity index (χ3n) is 4.24. The summed E-state index contributed by atoms with van der Waals surface area (Å²) in [4.78, 5) is 29.6. The smallest absolute Gasteiger partial charge is 0.243 e. The third kappa shape index (κ3) is 5.81. The van der Waals surface area contributed by atoms with Crippen LogP contribution >= 0.6 is 0 Å². The molecule has 138 valence electrons. The van der Waals surface area contributed by atoms with E-state index in [1.165, 1.54) is 0 Å². The topological polar surface area (TPSA) is 99.8 Å². The molecule has 1 atom stereocenters. The van der Waals surface area contributed by atoms with E-state index in [9.17, 15) is 9.59 Å². The largest absolute Gasteiger partial charge is 0.370 e. The fourth-order valence-electron chi connectivity index (χ4n) is 3.09. The van der Waals surface area contributed by atoms with Crippen molar-refractivity contribution < 1.29 is 9.59 Å². The van der Waals surface area contributed by atoms with Crippen LogP contribution in [-0.2, 0) is 9.59 Å². The first kappa shape index (κ1) is 19.3. The molecule has 0 saturated carbocycles. The Bertz CT molecular complexity index is 723. The Kier molecular flexibility index (Phi) is 7.03. The van der Waals surface area contributed by atoms with Gasteiger partial charge in [0.15, 0.2) is 5.96 Å². The fraction of sp³-hybridized carbons (Fsp3) is 0.421. The molecular weight excluding hydrogens is 330 g/mol. The zero-order chi connectivity index (χ0) is 18.9. The molecule has 26 heavy (non-hydrogen) atoms. The van der Waals surface area contributed by atoms with Gasteiger partial charge in [0.2, 0.25) is 11.8 Å². The highest BCUT2D eigenvalue weighted by Gasteiger charge is 2.23. The summed E-state index contributed by atoms with van der Waals surface area (Å²) in [5.41, 5.74) is 6.66. The minimum absolute atomic E-state index is 0.0872. The second kappa shape index (κ2) is 9.47. The summed E-state index contributed by atoms with van der Waals surface area (Å²) < 4.78 is 0. The molecule has 2 rings (SSSR count). The average molecular weight is 355 g/mol. The lowest BCUT2D eigenvalue weighted by Gasteiger charge is -2.34. The Hall–Kier alpha value is -3.01. The van der Waals surface area contributed by atoms with Crippen LogP contribution in [0, 0.1) is 18.3 Å². The summed E-state index contributed by atoms with van der Waals surface area (Å²) in [6, 6.07) is 7.12. The number of carbonyl (C=O) groups excluding carboxylic acids is 2. The van der Waals surface area contributed by atoms with Crippen molar-refractivity contribution in [3.8, 4) is 12.3 Å². The fourth-order valence-corrected chi connectivity index (χ4v) is 3.09. The molecule has 1 saturated heterocycles. The van der Waals surface area contributed by atoms with Crippen LogP contribution < -0.4 is 16.4 Å². The highest BCUT2D eigenvalue weighted by Crippen LogP contribution is 2.19. The number of hydrogen-bond acceptors (Lipinski definition) is 3. The Morgan fingerprint density at radius 3 is 2.96 bits per heavy atom. The van der Waals surface area contributed by atoms with E-state index < -0.39 is 0 Å². The summed E-state index contributed by atoms with van der Waals surface area (Å²) in [5.74, 6) is 2.93. The number of likely N-dealkylation sites (tertiary alicyclic amines) is 1. The number of guanidine groups is 1. The molecule has 7 nitrogen and oxygen atoms in total. The lowest BCUT2D eigenvalue weighted by atomic mass is 9.95. The summed E-state index contributed by atoms with van der Waals surface area (Å²) in [6.07, 6.45) is 7.68. The van der Waals surface area contributed by atoms with Crippen molar-refractivity contribution in [2.24, 2.45) is 16.6 Å². The molecule has 1 aromatic rings. The van der Waals surface area contributed by atoms with Gasteiger partial charge in [-0.25, -0.2) is 0 Å². The number of anilines is 1. The van der Waals surface area contributed by atoms with E-state index in [0.29, 0.717) is 30.2 Å². The number of hydrogen-bond donors (Lipinski definition) is 3. The molecule has 2 amide bonds. The van der Waals surface area contributed by atoms with Crippen molar-refractivity contribution in [2.75, 3.05) is 32.0 Å². The predicted octanol–water partition coefficient (Wildman–Crippen LogP) is 0.769. The van der Waals surface area contributed by atoms with E-state index in [2.05, 4.69) is 26.4 Å². The van der Waals surface area contributed by atoms with Gasteiger partial charge >= 0.3 is 0 Å². The Morgan fingerprint density at radius 1 is 1.46 bits per heavy atom. The lowest BCUT2D eigenvalue weighted by Crippen LogP contribution is -2.48. The van der Waals surface area contributed by atoms with Gasteiger partial charge in [-0.3, -0.25) is 14.6 Å². The highest BCUT2D eigenvalue weighted by molar-refractivity contribution is 5.95. The molecule has 0 bridgehead atoms. The van der Waals surface area contributed by atoms with Gasteiger partial charge < -0.3 is 21.3 Å². The lowest BCUT2D eigenvalue weighted by molar-refractivity contribution is -0.119. The van der Waals surface area contributed by atoms with Gasteiger partial charge in [0.1, 0.15) is 0 Å². The molecule has 1 aliphatic rings. The summed E-state index contributed by atoms with van der Waals surface area (Å²) in [7, 11) is 1.67. The normalized spacial score (nSPS) is 17.3. The van der Waals surface area contributed by atoms with Crippen molar-refractivity contribution in [3.63, 3.8) is 0 Å². The molecule has 0 spiro atoms. The number of primary amides is 1. The molecule has 7 heteroatoms. The molecule has 4 N–H and O–H groups in total. The number of nitrogens with two attached hydrogens (primary N) is 1. The maximum absolute atomic E-state index is 12.2. The number of terminal acetylenes is 1. The van der Waals surface area contributed by atoms with Crippen LogP contribution in [0.4, 0.5) is 5.69 Å². The van der Waals surface area contributed by atoms with Crippen LogP contribution in [0.15, 0.2) is 29.3 Å². The first-order valence-electron chi connectivity index (χ1n) is 8.62. The minimum Gasteiger partial charge on any atom is -0.370 e. The number of piperidine rings is 1. The molecule has 1 fully saturated rings. The molecule has 1 unspecified atom stereocenters. The van der Waals surface area contributed by atoms with Crippen LogP contribution in [0.1, 0.15) is 24.8 Å². The van der Waals surface area contributed by atoms with Gasteiger partial charge in [-0.2, -0.15) is 0 Å². The van der Waals surface area contributed by atoms with Crippen molar-refractivity contribution in [3.05, 3.63) is 29.8 Å². The molecule has 1 heterocycles. The van der Waals surface area contributed by atoms with E-state index in [0.717, 1.165) is 19.4 Å². The monoisotopic (exact) mass is 355 g/mol. The van der Waals surface area contributed by atoms with Crippen molar-refractivity contribution in [1.82, 2.24) is 10.2 Å². The van der Waals surface area contributed by atoms with Crippen LogP contribution in [0.2, 0.25) is 0 Å². The first-order chi connectivity index (χ1) is 12.5. The maximum Gasteiger partial charge on any atom is 0.243 e. The van der Waals surface area contributed by atoms with Gasteiger partial charge in [-0.05, 0) is 37.0 Å². The van der Waals surface area contributed by atoms with Crippen LogP contribution in [0.25, 0.3) is 0 Å². The van der Waals surface area contributed by atoms with Gasteiger partial charge in [0.05, 0.1) is 6.54 Å². The van der Waals surface area contributed by atoms with Crippen molar-refractivity contribution >= 4 is 23.5 Å². The summed E-state index contributed by atoms with van der Waals surface area (Å²) in [5, 5.41) is 5.87. The van der Waals surface area contributed by atoms with E-state index in [-0.39, 0.29) is 24.3 Å². The molecule has 1 aromatic carbocycles. The van der Waals surface area contributed by atoms with E-state index >= 15 is 0 Å². The SMILES string of the molecule is C#Cc1cccc(NC(=O)CNC(=NC)N2CCCC(CC(N)=O)C2)c1. The molecule has 0 aromatic heterocycles. The molecule has 1 aliphatic heterocycles. The summed E-state index contributed by atoms with van der Waals surface area (Å²) in [6.45, 7) is 1.62. The molecule has 0 aliphatic carbocycles. The van der Waals surface area contributed by atoms with Gasteiger partial charge in [-0.15, -0.1) is 6.42 Å². The number of aliphatic imine (C=N–C) groups is 1. The Labute approximate surface area is 154 Å². The van der Waals surface area contributed by atoms with Crippen LogP contribution in [0.3, 0.4) is 0 Å². The van der Waals surface area contributed by atoms with Gasteiger partial charge in [0, 0.05) is 37.8 Å². The predicted molar refractivity (Wildman–Crippen MR) is 102 cm³/mol.